The monoisotopic (exact) mass is 376 g/mol. The fraction of sp³-hybridized carbons (Fsp3) is 0.650. The topological polar surface area (TPSA) is 75.3 Å². The molecule has 1 aromatic rings. The van der Waals surface area contributed by atoms with E-state index in [2.05, 4.69) is 10.0 Å². The number of carbonyl (C=O) groups is 1. The van der Waals surface area contributed by atoms with E-state index in [1.165, 1.54) is 39.0 Å². The van der Waals surface area contributed by atoms with Crippen molar-refractivity contribution in [2.24, 2.45) is 29.6 Å². The Kier molecular flexibility index (Phi) is 4.59. The Balaban J connectivity index is 1.46. The van der Waals surface area contributed by atoms with E-state index in [1.54, 1.807) is 24.3 Å². The summed E-state index contributed by atoms with van der Waals surface area (Å²) in [7, 11) is -3.55. The standard InChI is InChI=1S/C20H28N2O3S/c1-12(20-16-8-14-7-15(10-16)11-17(20)9-14)22-26(24,25)19-5-3-18(4-6-19)21-13(2)23/h3-6,12,14-17,20,22H,7-11H2,1-2H3,(H,21,23)/t12-,14?,15?,16?,17?,20?/m1/s1. The van der Waals surface area contributed by atoms with E-state index in [1.807, 2.05) is 6.92 Å². The largest absolute Gasteiger partial charge is 0.326 e. The molecule has 0 aliphatic heterocycles. The first-order valence-electron chi connectivity index (χ1n) is 9.72. The average molecular weight is 377 g/mol. The zero-order valence-electron chi connectivity index (χ0n) is 15.4. The number of sulfonamides is 1. The van der Waals surface area contributed by atoms with Crippen molar-refractivity contribution in [1.29, 1.82) is 0 Å². The highest BCUT2D eigenvalue weighted by molar-refractivity contribution is 7.89. The molecule has 6 heteroatoms. The molecule has 0 radical (unpaired) electrons. The molecule has 1 amide bonds. The summed E-state index contributed by atoms with van der Waals surface area (Å²) in [6.45, 7) is 3.47. The third-order valence-corrected chi connectivity index (χ3v) is 8.28. The third kappa shape index (κ3) is 3.41. The van der Waals surface area contributed by atoms with Crippen molar-refractivity contribution in [2.45, 2.75) is 56.9 Å². The van der Waals surface area contributed by atoms with Crippen molar-refractivity contribution in [3.05, 3.63) is 24.3 Å². The number of hydrogen-bond donors (Lipinski definition) is 2. The molecule has 1 atom stereocenters. The van der Waals surface area contributed by atoms with Gasteiger partial charge in [0, 0.05) is 18.7 Å². The van der Waals surface area contributed by atoms with Gasteiger partial charge in [-0.25, -0.2) is 13.1 Å². The van der Waals surface area contributed by atoms with Gasteiger partial charge in [-0.05, 0) is 92.9 Å². The van der Waals surface area contributed by atoms with Crippen LogP contribution in [0.25, 0.3) is 0 Å². The van der Waals surface area contributed by atoms with E-state index in [0.717, 1.165) is 11.8 Å². The molecule has 1 aromatic carbocycles. The number of carbonyl (C=O) groups excluding carboxylic acids is 1. The molecule has 142 valence electrons. The predicted octanol–water partition coefficient (Wildman–Crippen LogP) is 3.38. The number of nitrogens with one attached hydrogen (secondary N) is 2. The van der Waals surface area contributed by atoms with Gasteiger partial charge < -0.3 is 5.32 Å². The van der Waals surface area contributed by atoms with Gasteiger partial charge in [0.25, 0.3) is 0 Å². The Morgan fingerprint density at radius 2 is 1.54 bits per heavy atom. The van der Waals surface area contributed by atoms with Gasteiger partial charge in [0.05, 0.1) is 4.90 Å². The van der Waals surface area contributed by atoms with Gasteiger partial charge in [-0.3, -0.25) is 4.79 Å². The second kappa shape index (κ2) is 6.64. The summed E-state index contributed by atoms with van der Waals surface area (Å²) in [4.78, 5) is 11.3. The van der Waals surface area contributed by atoms with Crippen LogP contribution < -0.4 is 10.0 Å². The fourth-order valence-corrected chi connectivity index (χ4v) is 7.37. The maximum Gasteiger partial charge on any atom is 0.240 e. The Morgan fingerprint density at radius 3 is 2.04 bits per heavy atom. The smallest absolute Gasteiger partial charge is 0.240 e. The Hall–Kier alpha value is -1.40. The molecular formula is C20H28N2O3S. The highest BCUT2D eigenvalue weighted by Crippen LogP contribution is 2.57. The van der Waals surface area contributed by atoms with E-state index >= 15 is 0 Å². The van der Waals surface area contributed by atoms with E-state index in [-0.39, 0.29) is 16.8 Å². The van der Waals surface area contributed by atoms with Crippen LogP contribution in [-0.4, -0.2) is 20.4 Å². The first-order valence-corrected chi connectivity index (χ1v) is 11.2. The Labute approximate surface area is 156 Å². The van der Waals surface area contributed by atoms with Crippen molar-refractivity contribution < 1.29 is 13.2 Å². The first kappa shape index (κ1) is 18.0. The normalized spacial score (nSPS) is 33.8. The Bertz CT molecular complexity index is 760. The molecular weight excluding hydrogens is 348 g/mol. The SMILES string of the molecule is CC(=O)Nc1ccc(S(=O)(=O)N[C@H](C)C2C3CC4CC(C3)CC2C4)cc1. The van der Waals surface area contributed by atoms with Crippen LogP contribution in [0.2, 0.25) is 0 Å². The molecule has 0 heterocycles. The van der Waals surface area contributed by atoms with Gasteiger partial charge in [0.2, 0.25) is 15.9 Å². The lowest BCUT2D eigenvalue weighted by Crippen LogP contribution is -2.52. The molecule has 0 aromatic heterocycles. The maximum atomic E-state index is 12.8. The molecule has 0 spiro atoms. The van der Waals surface area contributed by atoms with Crippen LogP contribution in [-0.2, 0) is 14.8 Å². The van der Waals surface area contributed by atoms with Gasteiger partial charge in [-0.1, -0.05) is 0 Å². The molecule has 4 aliphatic carbocycles. The molecule has 4 saturated carbocycles. The first-order chi connectivity index (χ1) is 12.3. The summed E-state index contributed by atoms with van der Waals surface area (Å²) in [5.41, 5.74) is 0.602. The molecule has 26 heavy (non-hydrogen) atoms. The summed E-state index contributed by atoms with van der Waals surface area (Å²) >= 11 is 0. The molecule has 4 bridgehead atoms. The molecule has 2 N–H and O–H groups in total. The van der Waals surface area contributed by atoms with Crippen LogP contribution in [0.3, 0.4) is 0 Å². The quantitative estimate of drug-likeness (QED) is 0.827. The zero-order valence-corrected chi connectivity index (χ0v) is 16.3. The minimum absolute atomic E-state index is 0.0370. The van der Waals surface area contributed by atoms with Gasteiger partial charge in [-0.15, -0.1) is 0 Å². The van der Waals surface area contributed by atoms with E-state index < -0.39 is 10.0 Å². The van der Waals surface area contributed by atoms with Crippen LogP contribution in [0, 0.1) is 29.6 Å². The lowest BCUT2D eigenvalue weighted by molar-refractivity contribution is -0.114. The molecule has 0 saturated heterocycles. The number of benzene rings is 1. The molecule has 4 fully saturated rings. The van der Waals surface area contributed by atoms with Gasteiger partial charge in [0.1, 0.15) is 0 Å². The van der Waals surface area contributed by atoms with Crippen LogP contribution >= 0.6 is 0 Å². The van der Waals surface area contributed by atoms with Crippen molar-refractivity contribution in [1.82, 2.24) is 4.72 Å². The highest BCUT2D eigenvalue weighted by atomic mass is 32.2. The van der Waals surface area contributed by atoms with Crippen LogP contribution in [0.15, 0.2) is 29.2 Å². The molecule has 5 rings (SSSR count). The minimum Gasteiger partial charge on any atom is -0.326 e. The van der Waals surface area contributed by atoms with E-state index in [4.69, 9.17) is 0 Å². The molecule has 5 nitrogen and oxygen atoms in total. The summed E-state index contributed by atoms with van der Waals surface area (Å²) in [5, 5.41) is 2.66. The Morgan fingerprint density at radius 1 is 1.00 bits per heavy atom. The van der Waals surface area contributed by atoms with Crippen molar-refractivity contribution in [2.75, 3.05) is 5.32 Å². The lowest BCUT2D eigenvalue weighted by Gasteiger charge is -2.56. The van der Waals surface area contributed by atoms with Gasteiger partial charge >= 0.3 is 0 Å². The van der Waals surface area contributed by atoms with Crippen molar-refractivity contribution in [3.8, 4) is 0 Å². The zero-order chi connectivity index (χ0) is 18.5. The molecule has 0 unspecified atom stereocenters. The predicted molar refractivity (Wildman–Crippen MR) is 101 cm³/mol. The van der Waals surface area contributed by atoms with Crippen molar-refractivity contribution in [3.63, 3.8) is 0 Å². The second-order valence-electron chi connectivity index (χ2n) is 8.62. The van der Waals surface area contributed by atoms with E-state index in [9.17, 15) is 13.2 Å². The number of anilines is 1. The van der Waals surface area contributed by atoms with Crippen LogP contribution in [0.1, 0.15) is 46.0 Å². The maximum absolute atomic E-state index is 12.8. The minimum atomic E-state index is -3.55. The summed E-state index contributed by atoms with van der Waals surface area (Å²) in [5.74, 6) is 3.44. The van der Waals surface area contributed by atoms with Crippen LogP contribution in [0.4, 0.5) is 5.69 Å². The lowest BCUT2D eigenvalue weighted by atomic mass is 9.51. The van der Waals surface area contributed by atoms with Crippen molar-refractivity contribution >= 4 is 21.6 Å². The third-order valence-electron chi connectivity index (χ3n) is 6.70. The fourth-order valence-electron chi connectivity index (χ4n) is 6.10. The summed E-state index contributed by atoms with van der Waals surface area (Å²) in [6, 6.07) is 6.33. The van der Waals surface area contributed by atoms with E-state index in [0.29, 0.717) is 23.4 Å². The summed E-state index contributed by atoms with van der Waals surface area (Å²) in [6.07, 6.45) is 6.55. The van der Waals surface area contributed by atoms with Gasteiger partial charge in [0.15, 0.2) is 0 Å². The number of hydrogen-bond acceptors (Lipinski definition) is 3. The average Bonchev–Trinajstić information content (AvgIpc) is 2.53. The molecule has 4 aliphatic rings. The summed E-state index contributed by atoms with van der Waals surface area (Å²) < 4.78 is 28.6. The van der Waals surface area contributed by atoms with Crippen LogP contribution in [0.5, 0.6) is 0 Å². The highest BCUT2D eigenvalue weighted by Gasteiger charge is 2.50. The number of amides is 1. The second-order valence-corrected chi connectivity index (χ2v) is 10.3. The number of rotatable bonds is 5. The van der Waals surface area contributed by atoms with Gasteiger partial charge in [-0.2, -0.15) is 0 Å².